The molecule has 0 aliphatic rings. The molecule has 0 aliphatic carbocycles. The largest absolute Gasteiger partial charge is 0.488 e. The monoisotopic (exact) mass is 537 g/mol. The summed E-state index contributed by atoms with van der Waals surface area (Å²) in [5.74, 6) is 0.556. The molecule has 0 saturated carbocycles. The Morgan fingerprint density at radius 2 is 1.25 bits per heavy atom. The van der Waals surface area contributed by atoms with Crippen LogP contribution in [0.2, 0.25) is 0 Å². The molecule has 5 aromatic heterocycles. The van der Waals surface area contributed by atoms with Crippen LogP contribution >= 0.6 is 0 Å². The van der Waals surface area contributed by atoms with E-state index in [0.717, 1.165) is 33.9 Å². The second-order valence-corrected chi connectivity index (χ2v) is 9.75. The van der Waals surface area contributed by atoms with E-state index in [1.807, 2.05) is 45.8 Å². The third-order valence-electron chi connectivity index (χ3n) is 6.37. The number of hydrogen-bond acceptors (Lipinski definition) is 8. The van der Waals surface area contributed by atoms with Gasteiger partial charge in [-0.25, -0.2) is 4.98 Å². The number of nitrogens with zero attached hydrogens (tertiary/aromatic N) is 7. The van der Waals surface area contributed by atoms with E-state index < -0.39 is 0 Å². The van der Waals surface area contributed by atoms with Crippen LogP contribution in [0.15, 0.2) is 73.4 Å². The molecular formula is C30H31N7O3. The Balaban J connectivity index is 1.37. The van der Waals surface area contributed by atoms with E-state index in [1.165, 1.54) is 0 Å². The van der Waals surface area contributed by atoms with Crippen molar-refractivity contribution in [1.82, 2.24) is 34.5 Å². The van der Waals surface area contributed by atoms with E-state index in [4.69, 9.17) is 9.47 Å². The summed E-state index contributed by atoms with van der Waals surface area (Å²) in [7, 11) is 0. The maximum atomic E-state index is 12.2. The predicted octanol–water partition coefficient (Wildman–Crippen LogP) is 5.73. The standard InChI is InChI=1S/C30H31N7O3/c1-20(2)36-25(9-15-34-36)28-22(7-5-12-31-28)18-39-27-11-14-33-30(24(27)17-38)40-19-23-8-6-13-32-29(23)26-10-16-35-37(26)21(3)4/h5-17,20-21H,18-19H2,1-4H3. The van der Waals surface area contributed by atoms with E-state index in [9.17, 15) is 4.79 Å². The van der Waals surface area contributed by atoms with Crippen LogP contribution in [0.4, 0.5) is 0 Å². The number of ether oxygens (including phenoxy) is 2. The topological polar surface area (TPSA) is 110 Å². The van der Waals surface area contributed by atoms with Gasteiger partial charge >= 0.3 is 0 Å². The van der Waals surface area contributed by atoms with Crippen molar-refractivity contribution in [2.75, 3.05) is 0 Å². The van der Waals surface area contributed by atoms with Crippen molar-refractivity contribution in [2.45, 2.75) is 53.0 Å². The third kappa shape index (κ3) is 5.47. The number of pyridine rings is 3. The zero-order chi connectivity index (χ0) is 28.1. The van der Waals surface area contributed by atoms with E-state index in [1.54, 1.807) is 37.1 Å². The van der Waals surface area contributed by atoms with Crippen molar-refractivity contribution in [1.29, 1.82) is 0 Å². The van der Waals surface area contributed by atoms with Gasteiger partial charge in [0, 0.05) is 54.2 Å². The molecule has 10 heteroatoms. The first-order valence-corrected chi connectivity index (χ1v) is 13.1. The molecule has 0 aromatic carbocycles. The summed E-state index contributed by atoms with van der Waals surface area (Å²) >= 11 is 0. The molecule has 40 heavy (non-hydrogen) atoms. The number of rotatable bonds is 11. The summed E-state index contributed by atoms with van der Waals surface area (Å²) < 4.78 is 16.0. The lowest BCUT2D eigenvalue weighted by Crippen LogP contribution is -2.09. The molecule has 0 bridgehead atoms. The van der Waals surface area contributed by atoms with Crippen LogP contribution in [0.25, 0.3) is 22.8 Å². The van der Waals surface area contributed by atoms with Crippen LogP contribution in [-0.4, -0.2) is 40.8 Å². The highest BCUT2D eigenvalue weighted by molar-refractivity contribution is 5.82. The fraction of sp³-hybridized carbons (Fsp3) is 0.267. The minimum atomic E-state index is 0.162. The highest BCUT2D eigenvalue weighted by Gasteiger charge is 2.18. The Morgan fingerprint density at radius 3 is 1.77 bits per heavy atom. The lowest BCUT2D eigenvalue weighted by atomic mass is 10.1. The van der Waals surface area contributed by atoms with Crippen molar-refractivity contribution >= 4 is 6.29 Å². The van der Waals surface area contributed by atoms with Crippen molar-refractivity contribution in [3.8, 4) is 34.4 Å². The quantitative estimate of drug-likeness (QED) is 0.197. The van der Waals surface area contributed by atoms with Crippen LogP contribution in [0.1, 0.15) is 61.3 Å². The zero-order valence-electron chi connectivity index (χ0n) is 22.9. The summed E-state index contributed by atoms with van der Waals surface area (Å²) in [6.07, 6.45) is 9.26. The van der Waals surface area contributed by atoms with E-state index in [-0.39, 0.29) is 36.7 Å². The minimum absolute atomic E-state index is 0.162. The number of aromatic nitrogens is 7. The van der Waals surface area contributed by atoms with Gasteiger partial charge in [0.05, 0.1) is 22.8 Å². The van der Waals surface area contributed by atoms with Crippen LogP contribution in [0.3, 0.4) is 0 Å². The van der Waals surface area contributed by atoms with Crippen LogP contribution < -0.4 is 9.47 Å². The molecule has 5 aromatic rings. The Bertz CT molecular complexity index is 1490. The van der Waals surface area contributed by atoms with Gasteiger partial charge < -0.3 is 9.47 Å². The summed E-state index contributed by atoms with van der Waals surface area (Å²) in [6.45, 7) is 8.62. The Kier molecular flexibility index (Phi) is 7.95. The smallest absolute Gasteiger partial charge is 0.228 e. The van der Waals surface area contributed by atoms with Crippen LogP contribution in [0, 0.1) is 0 Å². The number of carbonyl (C=O) groups is 1. The Hall–Kier alpha value is -4.86. The van der Waals surface area contributed by atoms with Gasteiger partial charge in [-0.1, -0.05) is 12.1 Å². The molecule has 0 amide bonds. The lowest BCUT2D eigenvalue weighted by molar-refractivity contribution is 0.111. The van der Waals surface area contributed by atoms with E-state index in [0.29, 0.717) is 12.0 Å². The summed E-state index contributed by atoms with van der Waals surface area (Å²) in [4.78, 5) is 25.6. The molecule has 5 heterocycles. The minimum Gasteiger partial charge on any atom is -0.488 e. The normalized spacial score (nSPS) is 11.2. The molecule has 0 radical (unpaired) electrons. The van der Waals surface area contributed by atoms with Gasteiger partial charge in [-0.05, 0) is 58.0 Å². The molecule has 0 atom stereocenters. The van der Waals surface area contributed by atoms with Crippen molar-refractivity contribution in [3.05, 3.63) is 90.1 Å². The molecule has 5 rings (SSSR count). The van der Waals surface area contributed by atoms with Crippen molar-refractivity contribution < 1.29 is 14.3 Å². The van der Waals surface area contributed by atoms with Gasteiger partial charge in [-0.3, -0.25) is 24.1 Å². The SMILES string of the molecule is CC(C)n1nccc1-c1ncccc1COc1ccnc(OCc2cccnc2-c2ccnn2C(C)C)c1C=O. The molecule has 0 spiro atoms. The fourth-order valence-electron chi connectivity index (χ4n) is 4.49. The second-order valence-electron chi connectivity index (χ2n) is 9.75. The van der Waals surface area contributed by atoms with Crippen molar-refractivity contribution in [2.24, 2.45) is 0 Å². The first kappa shape index (κ1) is 26.7. The van der Waals surface area contributed by atoms with Gasteiger partial charge in [0.2, 0.25) is 5.88 Å². The highest BCUT2D eigenvalue weighted by atomic mass is 16.5. The molecule has 0 unspecified atom stereocenters. The Labute approximate surface area is 232 Å². The third-order valence-corrected chi connectivity index (χ3v) is 6.37. The van der Waals surface area contributed by atoms with Gasteiger partial charge in [0.1, 0.15) is 24.5 Å². The zero-order valence-corrected chi connectivity index (χ0v) is 22.9. The van der Waals surface area contributed by atoms with Gasteiger partial charge in [0.25, 0.3) is 0 Å². The van der Waals surface area contributed by atoms with Crippen LogP contribution in [-0.2, 0) is 13.2 Å². The number of aldehydes is 1. The number of carbonyl (C=O) groups excluding carboxylic acids is 1. The molecule has 10 nitrogen and oxygen atoms in total. The average Bonchev–Trinajstić information content (AvgIpc) is 3.66. The van der Waals surface area contributed by atoms with Gasteiger partial charge in [-0.15, -0.1) is 0 Å². The van der Waals surface area contributed by atoms with Crippen molar-refractivity contribution in [3.63, 3.8) is 0 Å². The first-order valence-electron chi connectivity index (χ1n) is 13.1. The number of hydrogen-bond donors (Lipinski definition) is 0. The fourth-order valence-corrected chi connectivity index (χ4v) is 4.49. The maximum Gasteiger partial charge on any atom is 0.228 e. The average molecular weight is 538 g/mol. The molecule has 0 fully saturated rings. The van der Waals surface area contributed by atoms with E-state index in [2.05, 4.69) is 52.8 Å². The molecule has 0 N–H and O–H groups in total. The molecule has 0 aliphatic heterocycles. The lowest BCUT2D eigenvalue weighted by Gasteiger charge is -2.16. The van der Waals surface area contributed by atoms with Gasteiger partial charge in [0.15, 0.2) is 6.29 Å². The van der Waals surface area contributed by atoms with E-state index >= 15 is 0 Å². The predicted molar refractivity (Wildman–Crippen MR) is 150 cm³/mol. The molecule has 0 saturated heterocycles. The summed E-state index contributed by atoms with van der Waals surface area (Å²) in [5.41, 5.74) is 5.27. The maximum absolute atomic E-state index is 12.2. The van der Waals surface area contributed by atoms with Crippen LogP contribution in [0.5, 0.6) is 11.6 Å². The molecule has 204 valence electrons. The highest BCUT2D eigenvalue weighted by Crippen LogP contribution is 2.30. The second kappa shape index (κ2) is 11.9. The summed E-state index contributed by atoms with van der Waals surface area (Å²) in [6, 6.07) is 13.5. The molecular weight excluding hydrogens is 506 g/mol. The van der Waals surface area contributed by atoms with Gasteiger partial charge in [-0.2, -0.15) is 10.2 Å². The summed E-state index contributed by atoms with van der Waals surface area (Å²) in [5, 5.41) is 8.85. The Morgan fingerprint density at radius 1 is 0.700 bits per heavy atom. The first-order chi connectivity index (χ1) is 19.5.